The lowest BCUT2D eigenvalue weighted by molar-refractivity contribution is 0.440. The molecule has 1 aliphatic rings. The number of hydrogen-bond acceptors (Lipinski definition) is 2. The number of nitrogens with two attached hydrogens (primary N) is 1. The van der Waals surface area contributed by atoms with E-state index in [4.69, 9.17) is 11.0 Å². The van der Waals surface area contributed by atoms with Gasteiger partial charge < -0.3 is 10.3 Å². The summed E-state index contributed by atoms with van der Waals surface area (Å²) in [5.41, 5.74) is 8.67. The van der Waals surface area contributed by atoms with Crippen LogP contribution in [0.3, 0.4) is 0 Å². The van der Waals surface area contributed by atoms with Gasteiger partial charge in [0, 0.05) is 36.1 Å². The van der Waals surface area contributed by atoms with Gasteiger partial charge in [-0.3, -0.25) is 0 Å². The van der Waals surface area contributed by atoms with Crippen LogP contribution in [0.25, 0.3) is 10.9 Å². The van der Waals surface area contributed by atoms with Gasteiger partial charge in [-0.25, -0.2) is 0 Å². The van der Waals surface area contributed by atoms with E-state index in [-0.39, 0.29) is 11.5 Å². The first-order valence-corrected chi connectivity index (χ1v) is 7.32. The largest absolute Gasteiger partial charge is 0.347 e. The summed E-state index contributed by atoms with van der Waals surface area (Å²) in [4.78, 5) is 0. The first kappa shape index (κ1) is 13.2. The van der Waals surface area contributed by atoms with Gasteiger partial charge in [0.1, 0.15) is 0 Å². The Kier molecular flexibility index (Phi) is 3.27. The average molecular weight is 267 g/mol. The molecule has 1 atom stereocenters. The zero-order valence-electron chi connectivity index (χ0n) is 12.0. The molecule has 1 aromatic carbocycles. The van der Waals surface area contributed by atoms with Crippen molar-refractivity contribution in [3.63, 3.8) is 0 Å². The first-order chi connectivity index (χ1) is 9.62. The number of nitriles is 1. The summed E-state index contributed by atoms with van der Waals surface area (Å²) in [5.74, 6) is 0. The van der Waals surface area contributed by atoms with Gasteiger partial charge in [0.2, 0.25) is 0 Å². The molecular formula is C17H21N3. The number of aromatic nitrogens is 1. The van der Waals surface area contributed by atoms with Gasteiger partial charge in [-0.15, -0.1) is 0 Å². The van der Waals surface area contributed by atoms with Crippen molar-refractivity contribution < 1.29 is 0 Å². The second kappa shape index (κ2) is 4.96. The van der Waals surface area contributed by atoms with Crippen molar-refractivity contribution in [1.29, 1.82) is 5.26 Å². The normalized spacial score (nSPS) is 17.9. The molecule has 104 valence electrons. The minimum Gasteiger partial charge on any atom is -0.347 e. The van der Waals surface area contributed by atoms with Crippen LogP contribution < -0.4 is 5.73 Å². The molecule has 1 aromatic heterocycles. The lowest BCUT2D eigenvalue weighted by Gasteiger charge is -2.13. The summed E-state index contributed by atoms with van der Waals surface area (Å²) in [5, 5.41) is 10.2. The van der Waals surface area contributed by atoms with Gasteiger partial charge in [-0.05, 0) is 55.3 Å². The minimum atomic E-state index is 0.194. The standard InChI is InChI=1S/C17H21N3/c1-13(19)10-14-2-3-16-15(11-14)4-9-20(16)12-17(5-6-17)7-8-18/h2-4,9,11,13H,5-7,10,12,19H2,1H3. The third-order valence-electron chi connectivity index (χ3n) is 4.31. The van der Waals surface area contributed by atoms with Crippen molar-refractivity contribution in [2.45, 2.75) is 45.2 Å². The van der Waals surface area contributed by atoms with Crippen LogP contribution >= 0.6 is 0 Å². The van der Waals surface area contributed by atoms with Crippen molar-refractivity contribution in [3.05, 3.63) is 36.0 Å². The molecular weight excluding hydrogens is 246 g/mol. The molecule has 0 bridgehead atoms. The van der Waals surface area contributed by atoms with Crippen LogP contribution in [0.4, 0.5) is 0 Å². The molecule has 20 heavy (non-hydrogen) atoms. The number of nitrogens with zero attached hydrogens (tertiary/aromatic N) is 2. The Bertz CT molecular complexity index is 656. The lowest BCUT2D eigenvalue weighted by Crippen LogP contribution is -2.17. The van der Waals surface area contributed by atoms with E-state index in [9.17, 15) is 0 Å². The Labute approximate surface area is 120 Å². The molecule has 3 heteroatoms. The van der Waals surface area contributed by atoms with Gasteiger partial charge in [0.25, 0.3) is 0 Å². The SMILES string of the molecule is CC(N)Cc1ccc2c(ccn2CC2(CC#N)CC2)c1. The molecule has 1 heterocycles. The summed E-state index contributed by atoms with van der Waals surface area (Å²) < 4.78 is 2.30. The van der Waals surface area contributed by atoms with E-state index in [1.54, 1.807) is 0 Å². The topological polar surface area (TPSA) is 54.7 Å². The van der Waals surface area contributed by atoms with Crippen LogP contribution in [-0.2, 0) is 13.0 Å². The van der Waals surface area contributed by atoms with Crippen LogP contribution in [0.15, 0.2) is 30.5 Å². The molecule has 1 fully saturated rings. The average Bonchev–Trinajstić information content (AvgIpc) is 3.03. The van der Waals surface area contributed by atoms with Crippen molar-refractivity contribution in [2.75, 3.05) is 0 Å². The van der Waals surface area contributed by atoms with E-state index in [1.807, 2.05) is 6.92 Å². The zero-order chi connectivity index (χ0) is 14.2. The molecule has 1 saturated carbocycles. The second-order valence-corrected chi connectivity index (χ2v) is 6.35. The van der Waals surface area contributed by atoms with Crippen LogP contribution in [0.2, 0.25) is 0 Å². The van der Waals surface area contributed by atoms with Gasteiger partial charge in [0.05, 0.1) is 6.07 Å². The maximum Gasteiger partial charge on any atom is 0.0628 e. The second-order valence-electron chi connectivity index (χ2n) is 6.35. The molecule has 1 unspecified atom stereocenters. The maximum atomic E-state index is 8.93. The van der Waals surface area contributed by atoms with Crippen LogP contribution in [0.5, 0.6) is 0 Å². The molecule has 2 N–H and O–H groups in total. The Morgan fingerprint density at radius 2 is 2.20 bits per heavy atom. The summed E-state index contributed by atoms with van der Waals surface area (Å²) in [6, 6.07) is 11.3. The van der Waals surface area contributed by atoms with Crippen LogP contribution in [0, 0.1) is 16.7 Å². The molecule has 3 rings (SSSR count). The third kappa shape index (κ3) is 2.57. The van der Waals surface area contributed by atoms with Crippen LogP contribution in [-0.4, -0.2) is 10.6 Å². The highest BCUT2D eigenvalue weighted by atomic mass is 15.0. The van der Waals surface area contributed by atoms with Crippen molar-refractivity contribution >= 4 is 10.9 Å². The fraction of sp³-hybridized carbons (Fsp3) is 0.471. The van der Waals surface area contributed by atoms with E-state index in [2.05, 4.69) is 41.1 Å². The lowest BCUT2D eigenvalue weighted by atomic mass is 10.0. The van der Waals surface area contributed by atoms with E-state index in [0.29, 0.717) is 6.42 Å². The number of rotatable bonds is 5. The van der Waals surface area contributed by atoms with Gasteiger partial charge >= 0.3 is 0 Å². The fourth-order valence-corrected chi connectivity index (χ4v) is 2.98. The third-order valence-corrected chi connectivity index (χ3v) is 4.31. The van der Waals surface area contributed by atoms with Gasteiger partial charge in [-0.1, -0.05) is 6.07 Å². The molecule has 2 aromatic rings. The molecule has 0 radical (unpaired) electrons. The highest BCUT2D eigenvalue weighted by molar-refractivity contribution is 5.81. The molecule has 0 spiro atoms. The number of fused-ring (bicyclic) bond motifs is 1. The zero-order valence-corrected chi connectivity index (χ0v) is 12.0. The van der Waals surface area contributed by atoms with E-state index < -0.39 is 0 Å². The van der Waals surface area contributed by atoms with Crippen LogP contribution in [0.1, 0.15) is 31.7 Å². The Hall–Kier alpha value is -1.79. The minimum absolute atomic E-state index is 0.194. The van der Waals surface area contributed by atoms with E-state index in [0.717, 1.165) is 13.0 Å². The van der Waals surface area contributed by atoms with Gasteiger partial charge in [-0.2, -0.15) is 5.26 Å². The Morgan fingerprint density at radius 1 is 1.40 bits per heavy atom. The van der Waals surface area contributed by atoms with Crippen molar-refractivity contribution in [1.82, 2.24) is 4.57 Å². The monoisotopic (exact) mass is 267 g/mol. The summed E-state index contributed by atoms with van der Waals surface area (Å²) in [7, 11) is 0. The fourth-order valence-electron chi connectivity index (χ4n) is 2.98. The number of benzene rings is 1. The first-order valence-electron chi connectivity index (χ1n) is 7.32. The highest BCUT2D eigenvalue weighted by Gasteiger charge is 2.42. The predicted molar refractivity (Wildman–Crippen MR) is 81.2 cm³/mol. The Balaban J connectivity index is 1.85. The maximum absolute atomic E-state index is 8.93. The molecule has 1 aliphatic carbocycles. The summed E-state index contributed by atoms with van der Waals surface area (Å²) >= 11 is 0. The van der Waals surface area contributed by atoms with E-state index >= 15 is 0 Å². The number of hydrogen-bond donors (Lipinski definition) is 1. The van der Waals surface area contributed by atoms with Gasteiger partial charge in [0.15, 0.2) is 0 Å². The van der Waals surface area contributed by atoms with Crippen molar-refractivity contribution in [2.24, 2.45) is 11.1 Å². The molecule has 3 nitrogen and oxygen atoms in total. The molecule has 0 amide bonds. The molecule has 0 aliphatic heterocycles. The van der Waals surface area contributed by atoms with Crippen molar-refractivity contribution in [3.8, 4) is 6.07 Å². The predicted octanol–water partition coefficient (Wildman–Crippen LogP) is 3.22. The summed E-state index contributed by atoms with van der Waals surface area (Å²) in [6.45, 7) is 3.00. The summed E-state index contributed by atoms with van der Waals surface area (Å²) in [6.07, 6.45) is 6.11. The quantitative estimate of drug-likeness (QED) is 0.904. The molecule has 0 saturated heterocycles. The highest BCUT2D eigenvalue weighted by Crippen LogP contribution is 2.50. The smallest absolute Gasteiger partial charge is 0.0628 e. The van der Waals surface area contributed by atoms with E-state index in [1.165, 1.54) is 29.3 Å². The Morgan fingerprint density at radius 3 is 2.85 bits per heavy atom.